The van der Waals surface area contributed by atoms with E-state index in [1.807, 2.05) is 0 Å². The van der Waals surface area contributed by atoms with E-state index in [1.165, 1.54) is 24.2 Å². The van der Waals surface area contributed by atoms with Gasteiger partial charge in [0.1, 0.15) is 0 Å². The molecule has 130 valence electrons. The lowest BCUT2D eigenvalue weighted by atomic mass is 10.1. The molecule has 1 aliphatic heterocycles. The summed E-state index contributed by atoms with van der Waals surface area (Å²) in [6, 6.07) is 3.54. The van der Waals surface area contributed by atoms with Gasteiger partial charge < -0.3 is 4.90 Å². The van der Waals surface area contributed by atoms with Crippen molar-refractivity contribution in [3.63, 3.8) is 0 Å². The predicted octanol–water partition coefficient (Wildman–Crippen LogP) is 1.44. The Kier molecular flexibility index (Phi) is 6.05. The van der Waals surface area contributed by atoms with E-state index in [-0.39, 0.29) is 4.90 Å². The second kappa shape index (κ2) is 7.63. The first-order valence-corrected chi connectivity index (χ1v) is 9.28. The molecule has 23 heavy (non-hydrogen) atoms. The van der Waals surface area contributed by atoms with Crippen molar-refractivity contribution in [2.45, 2.75) is 36.8 Å². The van der Waals surface area contributed by atoms with Crippen molar-refractivity contribution in [2.24, 2.45) is 0 Å². The molecule has 1 aromatic carbocycles. The summed E-state index contributed by atoms with van der Waals surface area (Å²) in [5.74, 6) is 0. The van der Waals surface area contributed by atoms with E-state index in [0.29, 0.717) is 6.54 Å². The van der Waals surface area contributed by atoms with Crippen LogP contribution in [-0.4, -0.2) is 34.6 Å². The summed E-state index contributed by atoms with van der Waals surface area (Å²) in [4.78, 5) is 1.35. The van der Waals surface area contributed by atoms with Gasteiger partial charge in [-0.3, -0.25) is 0 Å². The summed E-state index contributed by atoms with van der Waals surface area (Å²) >= 11 is 0. The Morgan fingerprint density at radius 2 is 1.65 bits per heavy atom. The maximum atomic E-state index is 12.5. The molecule has 0 bridgehead atoms. The highest BCUT2D eigenvalue weighted by Gasteiger charge is 2.30. The van der Waals surface area contributed by atoms with Gasteiger partial charge in [-0.25, -0.2) is 13.1 Å². The van der Waals surface area contributed by atoms with Crippen LogP contribution in [0.1, 0.15) is 31.2 Å². The zero-order valence-electron chi connectivity index (χ0n) is 12.8. The van der Waals surface area contributed by atoms with E-state index in [9.17, 15) is 21.6 Å². The number of likely N-dealkylation sites (tertiary alicyclic amines) is 1. The average Bonchev–Trinajstić information content (AvgIpc) is 2.52. The molecule has 0 unspecified atom stereocenters. The Hall–Kier alpha value is -1.12. The highest BCUT2D eigenvalue weighted by molar-refractivity contribution is 7.89. The third-order valence-electron chi connectivity index (χ3n) is 4.05. The smallest absolute Gasteiger partial charge is 0.335 e. The van der Waals surface area contributed by atoms with Crippen molar-refractivity contribution in [1.82, 2.24) is 4.72 Å². The number of piperidine rings is 1. The Balaban J connectivity index is 1.83. The lowest BCUT2D eigenvalue weighted by Crippen LogP contribution is -3.12. The summed E-state index contributed by atoms with van der Waals surface area (Å²) in [6.07, 6.45) is -0.0502. The number of sulfonamides is 1. The van der Waals surface area contributed by atoms with Crippen LogP contribution in [0.25, 0.3) is 0 Å². The molecule has 1 heterocycles. The van der Waals surface area contributed by atoms with Crippen molar-refractivity contribution < 1.29 is 26.5 Å². The number of rotatable bonds is 6. The molecule has 4 nitrogen and oxygen atoms in total. The van der Waals surface area contributed by atoms with Gasteiger partial charge in [-0.2, -0.15) is 13.2 Å². The number of alkyl halides is 3. The van der Waals surface area contributed by atoms with Crippen LogP contribution >= 0.6 is 0 Å². The quantitative estimate of drug-likeness (QED) is 0.762. The van der Waals surface area contributed by atoms with Crippen molar-refractivity contribution >= 4 is 10.0 Å². The summed E-state index contributed by atoms with van der Waals surface area (Å²) < 4.78 is 64.0. The predicted molar refractivity (Wildman–Crippen MR) is 80.7 cm³/mol. The summed E-state index contributed by atoms with van der Waals surface area (Å²) in [7, 11) is -3.75. The van der Waals surface area contributed by atoms with Gasteiger partial charge in [0, 0.05) is 13.0 Å². The van der Waals surface area contributed by atoms with Gasteiger partial charge in [-0.05, 0) is 43.5 Å². The van der Waals surface area contributed by atoms with Crippen LogP contribution in [0, 0.1) is 0 Å². The molecule has 1 fully saturated rings. The summed E-state index contributed by atoms with van der Waals surface area (Å²) in [5, 5.41) is 0. The number of hydrogen-bond donors (Lipinski definition) is 2. The maximum Gasteiger partial charge on any atom is 0.416 e. The van der Waals surface area contributed by atoms with Gasteiger partial charge in [0.25, 0.3) is 0 Å². The fourth-order valence-corrected chi connectivity index (χ4v) is 3.83. The molecule has 0 aromatic heterocycles. The van der Waals surface area contributed by atoms with Gasteiger partial charge in [-0.15, -0.1) is 0 Å². The van der Waals surface area contributed by atoms with Crippen molar-refractivity contribution in [1.29, 1.82) is 0 Å². The summed E-state index contributed by atoms with van der Waals surface area (Å²) in [6.45, 7) is 3.47. The highest BCUT2D eigenvalue weighted by atomic mass is 32.2. The standard InChI is InChI=1S/C15H21F3N2O2S/c16-15(17,18)13-5-7-14(8-6-13)23(21,22)19-9-4-12-20-10-2-1-3-11-20/h5-8,19H,1-4,9-12H2/p+1. The first-order valence-electron chi connectivity index (χ1n) is 7.79. The minimum Gasteiger partial charge on any atom is -0.335 e. The Bertz CT molecular complexity index is 594. The van der Waals surface area contributed by atoms with Gasteiger partial charge >= 0.3 is 6.18 Å². The second-order valence-electron chi connectivity index (χ2n) is 5.83. The molecule has 0 atom stereocenters. The molecule has 2 N–H and O–H groups in total. The van der Waals surface area contributed by atoms with Gasteiger partial charge in [0.15, 0.2) is 0 Å². The van der Waals surface area contributed by atoms with Crippen LogP contribution in [0.4, 0.5) is 13.2 Å². The van der Waals surface area contributed by atoms with Crippen LogP contribution in [0.2, 0.25) is 0 Å². The fraction of sp³-hybridized carbons (Fsp3) is 0.600. The minimum atomic E-state index is -4.47. The molecular weight excluding hydrogens is 329 g/mol. The average molecular weight is 351 g/mol. The van der Waals surface area contributed by atoms with Crippen LogP contribution in [-0.2, 0) is 16.2 Å². The van der Waals surface area contributed by atoms with Gasteiger partial charge in [0.2, 0.25) is 10.0 Å². The SMILES string of the molecule is O=S(=O)(NCCC[NH+]1CCCCC1)c1ccc(C(F)(F)F)cc1. The van der Waals surface area contributed by atoms with E-state index in [0.717, 1.165) is 50.3 Å². The second-order valence-corrected chi connectivity index (χ2v) is 7.60. The molecule has 0 saturated carbocycles. The van der Waals surface area contributed by atoms with E-state index in [2.05, 4.69) is 4.72 Å². The topological polar surface area (TPSA) is 50.6 Å². The normalized spacial score (nSPS) is 17.3. The van der Waals surface area contributed by atoms with Crippen LogP contribution in [0.3, 0.4) is 0 Å². The molecule has 8 heteroatoms. The first kappa shape index (κ1) is 18.2. The summed E-state index contributed by atoms with van der Waals surface area (Å²) in [5.41, 5.74) is -0.856. The lowest BCUT2D eigenvalue weighted by Gasteiger charge is -2.23. The molecule has 1 saturated heterocycles. The maximum absolute atomic E-state index is 12.5. The Morgan fingerprint density at radius 3 is 2.22 bits per heavy atom. The number of benzene rings is 1. The van der Waals surface area contributed by atoms with Crippen LogP contribution in [0.15, 0.2) is 29.2 Å². The molecule has 2 rings (SSSR count). The van der Waals surface area contributed by atoms with E-state index in [1.54, 1.807) is 0 Å². The third kappa shape index (κ3) is 5.47. The zero-order chi connectivity index (χ0) is 16.9. The van der Waals surface area contributed by atoms with Crippen LogP contribution < -0.4 is 9.62 Å². The zero-order valence-corrected chi connectivity index (χ0v) is 13.6. The molecule has 0 aliphatic carbocycles. The molecule has 0 radical (unpaired) electrons. The molecule has 0 spiro atoms. The van der Waals surface area contributed by atoms with Gasteiger partial charge in [0.05, 0.1) is 30.1 Å². The number of hydrogen-bond acceptors (Lipinski definition) is 2. The third-order valence-corrected chi connectivity index (χ3v) is 5.53. The lowest BCUT2D eigenvalue weighted by molar-refractivity contribution is -0.904. The van der Waals surface area contributed by atoms with E-state index < -0.39 is 21.8 Å². The molecular formula is C15H22F3N2O2S+. The number of quaternary nitrogens is 1. The monoisotopic (exact) mass is 351 g/mol. The number of nitrogens with one attached hydrogen (secondary N) is 2. The van der Waals surface area contributed by atoms with Crippen molar-refractivity contribution in [3.8, 4) is 0 Å². The van der Waals surface area contributed by atoms with E-state index in [4.69, 9.17) is 0 Å². The molecule has 1 aromatic rings. The largest absolute Gasteiger partial charge is 0.416 e. The Morgan fingerprint density at radius 1 is 1.04 bits per heavy atom. The minimum absolute atomic E-state index is 0.143. The van der Waals surface area contributed by atoms with Crippen molar-refractivity contribution in [3.05, 3.63) is 29.8 Å². The first-order chi connectivity index (χ1) is 10.8. The number of halogens is 3. The fourth-order valence-electron chi connectivity index (χ4n) is 2.75. The Labute approximate surface area is 134 Å². The van der Waals surface area contributed by atoms with Crippen molar-refractivity contribution in [2.75, 3.05) is 26.2 Å². The molecule has 0 amide bonds. The molecule has 1 aliphatic rings. The van der Waals surface area contributed by atoms with E-state index >= 15 is 0 Å². The van der Waals surface area contributed by atoms with Gasteiger partial charge in [-0.1, -0.05) is 0 Å². The van der Waals surface area contributed by atoms with Crippen LogP contribution in [0.5, 0.6) is 0 Å². The highest BCUT2D eigenvalue weighted by Crippen LogP contribution is 2.29.